The normalized spacial score (nSPS) is 14.8. The monoisotopic (exact) mass is 373 g/mol. The zero-order valence-corrected chi connectivity index (χ0v) is 17.5. The van der Waals surface area contributed by atoms with Crippen LogP contribution in [0.3, 0.4) is 0 Å². The van der Waals surface area contributed by atoms with Crippen molar-refractivity contribution in [3.63, 3.8) is 0 Å². The molecule has 0 aliphatic rings. The molecule has 3 nitrogen and oxygen atoms in total. The molecule has 0 bridgehead atoms. The van der Waals surface area contributed by atoms with E-state index in [-0.39, 0.29) is 11.5 Å². The van der Waals surface area contributed by atoms with E-state index in [0.29, 0.717) is 10.8 Å². The fraction of sp³-hybridized carbons (Fsp3) is 0.455. The van der Waals surface area contributed by atoms with Gasteiger partial charge in [0.05, 0.1) is 4.90 Å². The zero-order chi connectivity index (χ0) is 19.5. The summed E-state index contributed by atoms with van der Waals surface area (Å²) in [6, 6.07) is 15.1. The second-order valence-electron chi connectivity index (χ2n) is 8.09. The van der Waals surface area contributed by atoms with Gasteiger partial charge in [0.25, 0.3) is 0 Å². The van der Waals surface area contributed by atoms with Gasteiger partial charge in [0, 0.05) is 6.04 Å². The van der Waals surface area contributed by atoms with Crippen LogP contribution in [0.4, 0.5) is 0 Å². The third kappa shape index (κ3) is 4.95. The van der Waals surface area contributed by atoms with Crippen LogP contribution in [-0.4, -0.2) is 8.42 Å². The number of hydrogen-bond donors (Lipinski definition) is 1. The van der Waals surface area contributed by atoms with Gasteiger partial charge in [-0.3, -0.25) is 0 Å². The summed E-state index contributed by atoms with van der Waals surface area (Å²) in [7, 11) is -3.55. The second-order valence-corrected chi connectivity index (χ2v) is 9.81. The van der Waals surface area contributed by atoms with Crippen molar-refractivity contribution < 1.29 is 8.42 Å². The van der Waals surface area contributed by atoms with Crippen LogP contribution in [0, 0.1) is 0 Å². The van der Waals surface area contributed by atoms with Crippen molar-refractivity contribution in [3.8, 4) is 0 Å². The van der Waals surface area contributed by atoms with Gasteiger partial charge in [-0.2, -0.15) is 0 Å². The maximum Gasteiger partial charge on any atom is 0.241 e. The van der Waals surface area contributed by atoms with Gasteiger partial charge in [0.2, 0.25) is 10.0 Å². The van der Waals surface area contributed by atoms with E-state index < -0.39 is 10.0 Å². The number of nitrogens with one attached hydrogen (secondary N) is 1. The lowest BCUT2D eigenvalue weighted by molar-refractivity contribution is 0.565. The number of sulfonamides is 1. The Balaban J connectivity index is 2.15. The Morgan fingerprint density at radius 3 is 1.85 bits per heavy atom. The molecule has 0 aromatic heterocycles. The van der Waals surface area contributed by atoms with Gasteiger partial charge in [-0.15, -0.1) is 0 Å². The Kier molecular flexibility index (Phi) is 6.30. The van der Waals surface area contributed by atoms with Crippen LogP contribution in [0.2, 0.25) is 0 Å². The maximum atomic E-state index is 12.7. The topological polar surface area (TPSA) is 46.2 Å². The molecular weight excluding hydrogens is 342 g/mol. The first-order valence-corrected chi connectivity index (χ1v) is 10.8. The van der Waals surface area contributed by atoms with Crippen molar-refractivity contribution in [2.75, 3.05) is 0 Å². The van der Waals surface area contributed by atoms with E-state index in [4.69, 9.17) is 0 Å². The molecule has 2 unspecified atom stereocenters. The largest absolute Gasteiger partial charge is 0.241 e. The highest BCUT2D eigenvalue weighted by Crippen LogP contribution is 2.25. The minimum Gasteiger partial charge on any atom is -0.207 e. The minimum atomic E-state index is -3.55. The predicted molar refractivity (Wildman–Crippen MR) is 109 cm³/mol. The maximum absolute atomic E-state index is 12.7. The van der Waals surface area contributed by atoms with Crippen molar-refractivity contribution in [1.82, 2.24) is 4.72 Å². The number of hydrogen-bond acceptors (Lipinski definition) is 2. The van der Waals surface area contributed by atoms with Gasteiger partial charge in [-0.25, -0.2) is 13.1 Å². The molecule has 0 fully saturated rings. The molecule has 0 saturated heterocycles. The molecule has 2 rings (SSSR count). The Bertz CT molecular complexity index is 816. The Hall–Kier alpha value is -1.65. The molecule has 26 heavy (non-hydrogen) atoms. The molecule has 142 valence electrons. The molecule has 2 aromatic rings. The SMILES string of the molecule is CCC(C)c1ccc(C(C)NS(=O)(=O)c2ccc(C(C)(C)C)cc2)cc1. The smallest absolute Gasteiger partial charge is 0.207 e. The summed E-state index contributed by atoms with van der Waals surface area (Å²) in [5.74, 6) is 0.511. The average Bonchev–Trinajstić information content (AvgIpc) is 2.60. The molecule has 0 aliphatic carbocycles. The summed E-state index contributed by atoms with van der Waals surface area (Å²) in [6.45, 7) is 12.6. The third-order valence-electron chi connectivity index (χ3n) is 4.98. The molecule has 0 heterocycles. The average molecular weight is 374 g/mol. The van der Waals surface area contributed by atoms with Crippen molar-refractivity contribution >= 4 is 10.0 Å². The first-order chi connectivity index (χ1) is 12.0. The molecule has 4 heteroatoms. The number of rotatable bonds is 6. The van der Waals surface area contributed by atoms with E-state index in [2.05, 4.69) is 51.5 Å². The fourth-order valence-corrected chi connectivity index (χ4v) is 4.08. The third-order valence-corrected chi connectivity index (χ3v) is 6.54. The van der Waals surface area contributed by atoms with Crippen molar-refractivity contribution in [2.45, 2.75) is 70.2 Å². The minimum absolute atomic E-state index is 0.000381. The highest BCUT2D eigenvalue weighted by Gasteiger charge is 2.20. The molecule has 2 atom stereocenters. The van der Waals surface area contributed by atoms with Gasteiger partial charge in [-0.1, -0.05) is 71.0 Å². The Morgan fingerprint density at radius 1 is 0.885 bits per heavy atom. The zero-order valence-electron chi connectivity index (χ0n) is 16.7. The van der Waals surface area contributed by atoms with Crippen LogP contribution in [-0.2, 0) is 15.4 Å². The quantitative estimate of drug-likeness (QED) is 0.723. The molecule has 0 aliphatic heterocycles. The summed E-state index contributed by atoms with van der Waals surface area (Å²) >= 11 is 0. The van der Waals surface area contributed by atoms with E-state index >= 15 is 0 Å². The van der Waals surface area contributed by atoms with Crippen molar-refractivity contribution in [1.29, 1.82) is 0 Å². The van der Waals surface area contributed by atoms with Gasteiger partial charge >= 0.3 is 0 Å². The van der Waals surface area contributed by atoms with Gasteiger partial charge in [0.15, 0.2) is 0 Å². The van der Waals surface area contributed by atoms with Crippen LogP contribution < -0.4 is 4.72 Å². The fourth-order valence-electron chi connectivity index (χ4n) is 2.85. The molecule has 2 aromatic carbocycles. The second kappa shape index (κ2) is 7.93. The van der Waals surface area contributed by atoms with Crippen LogP contribution in [0.15, 0.2) is 53.4 Å². The van der Waals surface area contributed by atoms with E-state index in [0.717, 1.165) is 17.5 Å². The summed E-state index contributed by atoms with van der Waals surface area (Å²) in [4.78, 5) is 0.300. The van der Waals surface area contributed by atoms with Gasteiger partial charge < -0.3 is 0 Å². The van der Waals surface area contributed by atoms with Crippen LogP contribution in [0.5, 0.6) is 0 Å². The number of benzene rings is 2. The van der Waals surface area contributed by atoms with Gasteiger partial charge in [0.1, 0.15) is 0 Å². The highest BCUT2D eigenvalue weighted by molar-refractivity contribution is 7.89. The summed E-state index contributed by atoms with van der Waals surface area (Å²) in [5.41, 5.74) is 3.36. The van der Waals surface area contributed by atoms with E-state index in [1.165, 1.54) is 5.56 Å². The Labute approximate surface area is 158 Å². The summed E-state index contributed by atoms with van der Waals surface area (Å²) in [5, 5.41) is 0. The lowest BCUT2D eigenvalue weighted by Gasteiger charge is -2.20. The van der Waals surface area contributed by atoms with Crippen LogP contribution in [0.1, 0.15) is 76.6 Å². The summed E-state index contributed by atoms with van der Waals surface area (Å²) in [6.07, 6.45) is 1.09. The summed E-state index contributed by atoms with van der Waals surface area (Å²) < 4.78 is 28.2. The molecule has 0 radical (unpaired) electrons. The molecule has 0 saturated carbocycles. The van der Waals surface area contributed by atoms with Crippen molar-refractivity contribution in [3.05, 3.63) is 65.2 Å². The van der Waals surface area contributed by atoms with E-state index in [1.807, 2.05) is 31.2 Å². The lowest BCUT2D eigenvalue weighted by Crippen LogP contribution is -2.27. The van der Waals surface area contributed by atoms with E-state index in [1.54, 1.807) is 12.1 Å². The van der Waals surface area contributed by atoms with Gasteiger partial charge in [-0.05, 0) is 53.5 Å². The molecular formula is C22H31NO2S. The highest BCUT2D eigenvalue weighted by atomic mass is 32.2. The Morgan fingerprint density at radius 2 is 1.38 bits per heavy atom. The van der Waals surface area contributed by atoms with Crippen LogP contribution in [0.25, 0.3) is 0 Å². The van der Waals surface area contributed by atoms with Crippen molar-refractivity contribution in [2.24, 2.45) is 0 Å². The molecule has 0 amide bonds. The lowest BCUT2D eigenvalue weighted by atomic mass is 9.87. The van der Waals surface area contributed by atoms with Crippen LogP contribution >= 0.6 is 0 Å². The molecule has 0 spiro atoms. The first-order valence-electron chi connectivity index (χ1n) is 9.27. The molecule has 1 N–H and O–H groups in total. The van der Waals surface area contributed by atoms with E-state index in [9.17, 15) is 8.42 Å². The predicted octanol–water partition coefficient (Wildman–Crippen LogP) is 5.54. The standard InChI is InChI=1S/C22H31NO2S/c1-7-16(2)18-8-10-19(11-9-18)17(3)23-26(24,25)21-14-12-20(13-15-21)22(4,5)6/h8-17,23H,7H2,1-6H3. The first kappa shape index (κ1) is 20.7.